The minimum absolute atomic E-state index is 0.0326. The molecule has 1 aromatic carbocycles. The van der Waals surface area contributed by atoms with Crippen LogP contribution in [0.5, 0.6) is 0 Å². The SMILES string of the molecule is O=C(CCN1C(=O)[C@@H]2[C@@H](C1=O)[C@H]1C=C[C@@H]2C1)Nc1cccc([N+](=O)[O-])c1. The summed E-state index contributed by atoms with van der Waals surface area (Å²) in [5, 5.41) is 13.3. The number of imide groups is 1. The predicted molar refractivity (Wildman–Crippen MR) is 90.8 cm³/mol. The summed E-state index contributed by atoms with van der Waals surface area (Å²) in [6.07, 6.45) is 4.88. The summed E-state index contributed by atoms with van der Waals surface area (Å²) in [7, 11) is 0. The fraction of sp³-hybridized carbons (Fsp3) is 0.389. The molecular weight excluding hydrogens is 338 g/mol. The summed E-state index contributed by atoms with van der Waals surface area (Å²) in [6.45, 7) is 0.0326. The molecule has 134 valence electrons. The lowest BCUT2D eigenvalue weighted by Crippen LogP contribution is -2.35. The fourth-order valence-electron chi connectivity index (χ4n) is 4.32. The second-order valence-corrected chi connectivity index (χ2v) is 6.93. The molecule has 0 spiro atoms. The molecule has 2 aliphatic carbocycles. The molecule has 0 unspecified atom stereocenters. The van der Waals surface area contributed by atoms with Gasteiger partial charge < -0.3 is 5.32 Å². The molecule has 0 aromatic heterocycles. The molecule has 2 bridgehead atoms. The van der Waals surface area contributed by atoms with Crippen molar-refractivity contribution >= 4 is 29.1 Å². The first-order chi connectivity index (χ1) is 12.5. The molecule has 1 saturated heterocycles. The van der Waals surface area contributed by atoms with Gasteiger partial charge in [0.1, 0.15) is 0 Å². The van der Waals surface area contributed by atoms with Crippen LogP contribution in [0.15, 0.2) is 36.4 Å². The summed E-state index contributed by atoms with van der Waals surface area (Å²) in [5.41, 5.74) is 0.186. The number of likely N-dealkylation sites (tertiary alicyclic amines) is 1. The van der Waals surface area contributed by atoms with Crippen LogP contribution in [-0.2, 0) is 14.4 Å². The molecule has 1 aromatic rings. The summed E-state index contributed by atoms with van der Waals surface area (Å²) < 4.78 is 0. The molecule has 2 fully saturated rings. The van der Waals surface area contributed by atoms with E-state index in [4.69, 9.17) is 0 Å². The van der Waals surface area contributed by atoms with Crippen LogP contribution in [0.3, 0.4) is 0 Å². The lowest BCUT2D eigenvalue weighted by atomic mass is 9.85. The highest BCUT2D eigenvalue weighted by molar-refractivity contribution is 6.06. The summed E-state index contributed by atoms with van der Waals surface area (Å²) in [5.74, 6) is -1.01. The molecule has 3 amide bonds. The maximum Gasteiger partial charge on any atom is 0.271 e. The lowest BCUT2D eigenvalue weighted by Gasteiger charge is -2.16. The zero-order chi connectivity index (χ0) is 18.4. The number of non-ortho nitro benzene ring substituents is 1. The molecular formula is C18H17N3O5. The van der Waals surface area contributed by atoms with E-state index in [9.17, 15) is 24.5 Å². The van der Waals surface area contributed by atoms with Crippen LogP contribution in [-0.4, -0.2) is 34.1 Å². The van der Waals surface area contributed by atoms with Gasteiger partial charge in [-0.05, 0) is 24.3 Å². The van der Waals surface area contributed by atoms with Crippen molar-refractivity contribution in [2.45, 2.75) is 12.8 Å². The maximum atomic E-state index is 12.5. The van der Waals surface area contributed by atoms with Crippen molar-refractivity contribution in [2.75, 3.05) is 11.9 Å². The number of hydrogen-bond donors (Lipinski definition) is 1. The minimum Gasteiger partial charge on any atom is -0.326 e. The third kappa shape index (κ3) is 2.58. The van der Waals surface area contributed by atoms with Gasteiger partial charge in [0.25, 0.3) is 5.69 Å². The van der Waals surface area contributed by atoms with Crippen molar-refractivity contribution < 1.29 is 19.3 Å². The Morgan fingerprint density at radius 1 is 1.19 bits per heavy atom. The van der Waals surface area contributed by atoms with Gasteiger partial charge in [0.2, 0.25) is 17.7 Å². The maximum absolute atomic E-state index is 12.5. The number of carbonyl (C=O) groups excluding carboxylic acids is 3. The van der Waals surface area contributed by atoms with Crippen LogP contribution >= 0.6 is 0 Å². The minimum atomic E-state index is -0.543. The van der Waals surface area contributed by atoms with Crippen molar-refractivity contribution in [1.29, 1.82) is 0 Å². The molecule has 8 nitrogen and oxygen atoms in total. The number of carbonyl (C=O) groups is 3. The van der Waals surface area contributed by atoms with Gasteiger partial charge in [0.05, 0.1) is 16.8 Å². The second kappa shape index (κ2) is 6.05. The highest BCUT2D eigenvalue weighted by atomic mass is 16.6. The Kier molecular flexibility index (Phi) is 3.82. The van der Waals surface area contributed by atoms with E-state index in [1.165, 1.54) is 23.1 Å². The highest BCUT2D eigenvalue weighted by Gasteiger charge is 2.58. The van der Waals surface area contributed by atoms with Crippen molar-refractivity contribution in [1.82, 2.24) is 4.90 Å². The lowest BCUT2D eigenvalue weighted by molar-refractivity contribution is -0.384. The largest absolute Gasteiger partial charge is 0.326 e. The topological polar surface area (TPSA) is 110 Å². The van der Waals surface area contributed by atoms with Crippen LogP contribution in [0.2, 0.25) is 0 Å². The third-order valence-corrected chi connectivity index (χ3v) is 5.46. The van der Waals surface area contributed by atoms with E-state index in [0.717, 1.165) is 6.42 Å². The van der Waals surface area contributed by atoms with Crippen molar-refractivity contribution in [3.05, 3.63) is 46.5 Å². The number of nitrogens with zero attached hydrogens (tertiary/aromatic N) is 2. The summed E-state index contributed by atoms with van der Waals surface area (Å²) in [6, 6.07) is 5.62. The summed E-state index contributed by atoms with van der Waals surface area (Å²) >= 11 is 0. The number of nitro benzene ring substituents is 1. The van der Waals surface area contributed by atoms with Gasteiger partial charge in [-0.25, -0.2) is 0 Å². The number of fused-ring (bicyclic) bond motifs is 5. The summed E-state index contributed by atoms with van der Waals surface area (Å²) in [4.78, 5) is 48.6. The van der Waals surface area contributed by atoms with Crippen LogP contribution < -0.4 is 5.32 Å². The highest BCUT2D eigenvalue weighted by Crippen LogP contribution is 2.52. The zero-order valence-electron chi connectivity index (χ0n) is 13.8. The van der Waals surface area contributed by atoms with Gasteiger partial charge in [-0.2, -0.15) is 0 Å². The quantitative estimate of drug-likeness (QED) is 0.374. The average Bonchev–Trinajstić information content (AvgIpc) is 3.28. The van der Waals surface area contributed by atoms with E-state index in [2.05, 4.69) is 5.32 Å². The first-order valence-corrected chi connectivity index (χ1v) is 8.53. The number of anilines is 1. The van der Waals surface area contributed by atoms with Crippen LogP contribution in [0.1, 0.15) is 12.8 Å². The van der Waals surface area contributed by atoms with E-state index in [0.29, 0.717) is 5.69 Å². The standard InChI is InChI=1S/C18H17N3O5/c22-14(19-12-2-1-3-13(9-12)21(25)26)6-7-20-17(23)15-10-4-5-11(8-10)16(15)18(20)24/h1-5,9-11,15-16H,6-8H2,(H,19,22)/t10-,11+,15-,16-/m0/s1. The molecule has 4 atom stereocenters. The normalized spacial score (nSPS) is 28.5. The Morgan fingerprint density at radius 3 is 2.46 bits per heavy atom. The number of rotatable bonds is 5. The van der Waals surface area contributed by atoms with Gasteiger partial charge in [0.15, 0.2) is 0 Å². The molecule has 4 rings (SSSR count). The number of amides is 3. The molecule has 3 aliphatic rings. The van der Waals surface area contributed by atoms with E-state index in [-0.39, 0.29) is 54.1 Å². The molecule has 1 N–H and O–H groups in total. The Balaban J connectivity index is 1.37. The monoisotopic (exact) mass is 355 g/mol. The number of hydrogen-bond acceptors (Lipinski definition) is 5. The van der Waals surface area contributed by atoms with Gasteiger partial charge in [-0.3, -0.25) is 29.4 Å². The molecule has 1 aliphatic heterocycles. The van der Waals surface area contributed by atoms with Gasteiger partial charge in [-0.1, -0.05) is 18.2 Å². The van der Waals surface area contributed by atoms with Crippen LogP contribution in [0, 0.1) is 33.8 Å². The molecule has 26 heavy (non-hydrogen) atoms. The Morgan fingerprint density at radius 2 is 1.85 bits per heavy atom. The smallest absolute Gasteiger partial charge is 0.271 e. The van der Waals surface area contributed by atoms with Gasteiger partial charge in [-0.15, -0.1) is 0 Å². The first kappa shape index (κ1) is 16.4. The van der Waals surface area contributed by atoms with Gasteiger partial charge in [0, 0.05) is 30.8 Å². The number of allylic oxidation sites excluding steroid dienone is 2. The Hall–Kier alpha value is -3.03. The number of benzene rings is 1. The first-order valence-electron chi connectivity index (χ1n) is 8.53. The van der Waals surface area contributed by atoms with Crippen molar-refractivity contribution in [3.63, 3.8) is 0 Å². The van der Waals surface area contributed by atoms with Gasteiger partial charge >= 0.3 is 0 Å². The number of nitrogens with one attached hydrogen (secondary N) is 1. The second-order valence-electron chi connectivity index (χ2n) is 6.93. The third-order valence-electron chi connectivity index (χ3n) is 5.46. The predicted octanol–water partition coefficient (Wildman–Crippen LogP) is 1.73. The van der Waals surface area contributed by atoms with Crippen LogP contribution in [0.25, 0.3) is 0 Å². The van der Waals surface area contributed by atoms with E-state index >= 15 is 0 Å². The molecule has 1 saturated carbocycles. The molecule has 8 heteroatoms. The molecule has 1 heterocycles. The Labute approximate surface area is 149 Å². The zero-order valence-corrected chi connectivity index (χ0v) is 13.8. The molecule has 0 radical (unpaired) electrons. The van der Waals surface area contributed by atoms with Crippen LogP contribution in [0.4, 0.5) is 11.4 Å². The van der Waals surface area contributed by atoms with E-state index in [1.54, 1.807) is 6.07 Å². The Bertz CT molecular complexity index is 819. The fourth-order valence-corrected chi connectivity index (χ4v) is 4.32. The van der Waals surface area contributed by atoms with E-state index in [1.807, 2.05) is 12.2 Å². The van der Waals surface area contributed by atoms with Crippen molar-refractivity contribution in [2.24, 2.45) is 23.7 Å². The van der Waals surface area contributed by atoms with Crippen molar-refractivity contribution in [3.8, 4) is 0 Å². The van der Waals surface area contributed by atoms with E-state index < -0.39 is 10.8 Å². The average molecular weight is 355 g/mol. The number of nitro groups is 1.